The zero-order valence-corrected chi connectivity index (χ0v) is 18.9. The van der Waals surface area contributed by atoms with Crippen molar-refractivity contribution >= 4 is 39.3 Å². The molecule has 1 aliphatic rings. The number of amides is 2. The van der Waals surface area contributed by atoms with Gasteiger partial charge in [0.25, 0.3) is 5.91 Å². The Hall–Kier alpha value is -2.62. The maximum atomic E-state index is 13.0. The normalized spacial score (nSPS) is 14.9. The highest BCUT2D eigenvalue weighted by molar-refractivity contribution is 7.89. The third-order valence-corrected chi connectivity index (χ3v) is 7.10. The van der Waals surface area contributed by atoms with Crippen LogP contribution in [0.5, 0.6) is 0 Å². The van der Waals surface area contributed by atoms with Crippen molar-refractivity contribution in [3.8, 4) is 0 Å². The van der Waals surface area contributed by atoms with Crippen molar-refractivity contribution in [2.24, 2.45) is 0 Å². The fourth-order valence-electron chi connectivity index (χ4n) is 3.21. The van der Waals surface area contributed by atoms with E-state index in [9.17, 15) is 18.0 Å². The van der Waals surface area contributed by atoms with Gasteiger partial charge in [-0.1, -0.05) is 11.6 Å². The number of nitrogens with zero attached hydrogens (tertiary/aromatic N) is 2. The Morgan fingerprint density at radius 2 is 1.71 bits per heavy atom. The molecule has 8 nitrogen and oxygen atoms in total. The molecule has 1 fully saturated rings. The predicted octanol–water partition coefficient (Wildman–Crippen LogP) is 3.36. The molecule has 0 atom stereocenters. The van der Waals surface area contributed by atoms with E-state index < -0.39 is 16.1 Å². The molecule has 3 rings (SSSR count). The van der Waals surface area contributed by atoms with Crippen molar-refractivity contribution in [3.63, 3.8) is 0 Å². The summed E-state index contributed by atoms with van der Waals surface area (Å²) in [5.41, 5.74) is 1.58. The van der Waals surface area contributed by atoms with E-state index in [4.69, 9.17) is 16.3 Å². The zero-order chi connectivity index (χ0) is 22.6. The van der Waals surface area contributed by atoms with Gasteiger partial charge in [0.2, 0.25) is 10.0 Å². The molecule has 1 heterocycles. The molecule has 2 aromatic rings. The number of ether oxygens (including phenoxy) is 1. The summed E-state index contributed by atoms with van der Waals surface area (Å²) >= 11 is 5.85. The van der Waals surface area contributed by atoms with Crippen molar-refractivity contribution < 1.29 is 22.7 Å². The van der Waals surface area contributed by atoms with Gasteiger partial charge in [-0.2, -0.15) is 4.31 Å². The molecule has 0 spiro atoms. The van der Waals surface area contributed by atoms with Crippen LogP contribution in [-0.2, 0) is 14.8 Å². The van der Waals surface area contributed by atoms with Gasteiger partial charge in [-0.3, -0.25) is 4.79 Å². The molecule has 166 valence electrons. The Morgan fingerprint density at radius 3 is 2.29 bits per heavy atom. The number of halogens is 1. The van der Waals surface area contributed by atoms with Crippen LogP contribution in [0.3, 0.4) is 0 Å². The smallest absolute Gasteiger partial charge is 0.409 e. The third-order valence-electron chi connectivity index (χ3n) is 4.95. The lowest BCUT2D eigenvalue weighted by Crippen LogP contribution is -2.50. The van der Waals surface area contributed by atoms with Crippen LogP contribution < -0.4 is 5.32 Å². The number of carbonyl (C=O) groups excluding carboxylic acids is 2. The van der Waals surface area contributed by atoms with Gasteiger partial charge in [-0.05, 0) is 61.9 Å². The molecular weight excluding hydrogens is 442 g/mol. The van der Waals surface area contributed by atoms with Gasteiger partial charge in [0.15, 0.2) is 0 Å². The molecule has 0 saturated carbocycles. The molecule has 1 aliphatic heterocycles. The van der Waals surface area contributed by atoms with Crippen LogP contribution in [0.15, 0.2) is 47.4 Å². The Labute approximate surface area is 186 Å². The van der Waals surface area contributed by atoms with Gasteiger partial charge in [-0.25, -0.2) is 13.2 Å². The van der Waals surface area contributed by atoms with Crippen LogP contribution in [0, 0.1) is 6.92 Å². The highest BCUT2D eigenvalue weighted by Gasteiger charge is 2.30. The minimum absolute atomic E-state index is 0.138. The first-order valence-corrected chi connectivity index (χ1v) is 11.6. The first-order valence-electron chi connectivity index (χ1n) is 9.82. The van der Waals surface area contributed by atoms with Crippen molar-refractivity contribution in [1.29, 1.82) is 0 Å². The summed E-state index contributed by atoms with van der Waals surface area (Å²) in [6, 6.07) is 11.1. The van der Waals surface area contributed by atoms with Gasteiger partial charge in [0.05, 0.1) is 11.5 Å². The van der Waals surface area contributed by atoms with Gasteiger partial charge in [-0.15, -0.1) is 0 Å². The number of hydrogen-bond donors (Lipinski definition) is 1. The summed E-state index contributed by atoms with van der Waals surface area (Å²) in [4.78, 5) is 25.9. The molecule has 1 saturated heterocycles. The molecule has 10 heteroatoms. The maximum absolute atomic E-state index is 13.0. The number of rotatable bonds is 5. The fraction of sp³-hybridized carbons (Fsp3) is 0.333. The molecular formula is C21H24ClN3O5S. The van der Waals surface area contributed by atoms with E-state index in [1.54, 1.807) is 44.2 Å². The standard InChI is InChI=1S/C21H24ClN3O5S/c1-3-30-21(27)24-10-12-25(13-11-24)31(28,29)18-8-9-19(15(2)14-18)23-20(26)16-4-6-17(22)7-5-16/h4-9,14H,3,10-13H2,1-2H3,(H,23,26). The number of anilines is 1. The minimum Gasteiger partial charge on any atom is -0.450 e. The summed E-state index contributed by atoms with van der Waals surface area (Å²) in [5.74, 6) is -0.314. The van der Waals surface area contributed by atoms with Crippen LogP contribution in [-0.4, -0.2) is 62.4 Å². The molecule has 31 heavy (non-hydrogen) atoms. The highest BCUT2D eigenvalue weighted by Crippen LogP contribution is 2.24. The van der Waals surface area contributed by atoms with Crippen molar-refractivity contribution in [2.45, 2.75) is 18.7 Å². The van der Waals surface area contributed by atoms with Crippen molar-refractivity contribution in [2.75, 3.05) is 38.1 Å². The second kappa shape index (κ2) is 9.67. The van der Waals surface area contributed by atoms with E-state index in [0.717, 1.165) is 0 Å². The SMILES string of the molecule is CCOC(=O)N1CCN(S(=O)(=O)c2ccc(NC(=O)c3ccc(Cl)cc3)c(C)c2)CC1. The number of nitrogens with one attached hydrogen (secondary N) is 1. The Bertz CT molecular complexity index is 1060. The monoisotopic (exact) mass is 465 g/mol. The van der Waals surface area contributed by atoms with Gasteiger partial charge in [0.1, 0.15) is 0 Å². The average molecular weight is 466 g/mol. The number of benzene rings is 2. The summed E-state index contributed by atoms with van der Waals surface area (Å²) in [5, 5.41) is 3.32. The van der Waals surface area contributed by atoms with Crippen molar-refractivity contribution in [3.05, 3.63) is 58.6 Å². The Morgan fingerprint density at radius 1 is 1.06 bits per heavy atom. The predicted molar refractivity (Wildman–Crippen MR) is 118 cm³/mol. The molecule has 0 unspecified atom stereocenters. The van der Waals surface area contributed by atoms with Crippen molar-refractivity contribution in [1.82, 2.24) is 9.21 Å². The van der Waals surface area contributed by atoms with E-state index in [-0.39, 0.29) is 43.6 Å². The first kappa shape index (κ1) is 23.1. The van der Waals surface area contributed by atoms with Gasteiger partial charge < -0.3 is 15.0 Å². The number of piperazine rings is 1. The minimum atomic E-state index is -3.72. The number of carbonyl (C=O) groups is 2. The topological polar surface area (TPSA) is 96.0 Å². The molecule has 0 bridgehead atoms. The lowest BCUT2D eigenvalue weighted by Gasteiger charge is -2.33. The molecule has 0 radical (unpaired) electrons. The highest BCUT2D eigenvalue weighted by atomic mass is 35.5. The van der Waals surface area contributed by atoms with Crippen LogP contribution in [0.4, 0.5) is 10.5 Å². The van der Waals surface area contributed by atoms with Crippen LogP contribution >= 0.6 is 11.6 Å². The Balaban J connectivity index is 1.69. The lowest BCUT2D eigenvalue weighted by atomic mass is 10.1. The largest absolute Gasteiger partial charge is 0.450 e. The van der Waals surface area contributed by atoms with Crippen LogP contribution in [0.2, 0.25) is 5.02 Å². The van der Waals surface area contributed by atoms with E-state index >= 15 is 0 Å². The van der Waals surface area contributed by atoms with Gasteiger partial charge in [0, 0.05) is 42.5 Å². The Kier molecular flexibility index (Phi) is 7.19. The zero-order valence-electron chi connectivity index (χ0n) is 17.3. The summed E-state index contributed by atoms with van der Waals surface area (Å²) in [6.45, 7) is 4.65. The van der Waals surface area contributed by atoms with E-state index in [2.05, 4.69) is 5.32 Å². The first-order chi connectivity index (χ1) is 14.7. The number of hydrogen-bond acceptors (Lipinski definition) is 5. The maximum Gasteiger partial charge on any atom is 0.409 e. The van der Waals surface area contributed by atoms with Crippen LogP contribution in [0.25, 0.3) is 0 Å². The average Bonchev–Trinajstić information content (AvgIpc) is 2.75. The van der Waals surface area contributed by atoms with Crippen LogP contribution in [0.1, 0.15) is 22.8 Å². The third kappa shape index (κ3) is 5.36. The quantitative estimate of drug-likeness (QED) is 0.730. The fourth-order valence-corrected chi connectivity index (χ4v) is 4.84. The molecule has 1 N–H and O–H groups in total. The van der Waals surface area contributed by atoms with E-state index in [1.165, 1.54) is 21.3 Å². The number of sulfonamides is 1. The summed E-state index contributed by atoms with van der Waals surface area (Å²) in [6.07, 6.45) is -0.434. The second-order valence-electron chi connectivity index (χ2n) is 7.03. The van der Waals surface area contributed by atoms with E-state index in [1.807, 2.05) is 0 Å². The molecule has 2 amide bonds. The lowest BCUT2D eigenvalue weighted by molar-refractivity contribution is 0.0933. The van der Waals surface area contributed by atoms with E-state index in [0.29, 0.717) is 21.8 Å². The molecule has 2 aromatic carbocycles. The molecule has 0 aromatic heterocycles. The summed E-state index contributed by atoms with van der Waals surface area (Å²) < 4.78 is 32.4. The second-order valence-corrected chi connectivity index (χ2v) is 9.40. The van der Waals surface area contributed by atoms with Gasteiger partial charge >= 0.3 is 6.09 Å². The molecule has 0 aliphatic carbocycles. The summed E-state index contributed by atoms with van der Waals surface area (Å²) in [7, 11) is -3.72. The number of aryl methyl sites for hydroxylation is 1.